The Kier molecular flexibility index (Phi) is 11.5. The molecule has 1 saturated carbocycles. The van der Waals surface area contributed by atoms with E-state index < -0.39 is 5.41 Å². The van der Waals surface area contributed by atoms with Gasteiger partial charge in [-0.1, -0.05) is 244 Å². The zero-order valence-corrected chi connectivity index (χ0v) is 44.1. The molecule has 0 radical (unpaired) electrons. The van der Waals surface area contributed by atoms with Crippen molar-refractivity contribution in [3.8, 4) is 50.2 Å². The average Bonchev–Trinajstić information content (AvgIpc) is 4.07. The topological polar surface area (TPSA) is 8.17 Å². The molecule has 12 aromatic carbocycles. The normalized spacial score (nSPS) is 13.9. The monoisotopic (exact) mass is 1010 g/mol. The quantitative estimate of drug-likeness (QED) is 0.133. The fourth-order valence-electron chi connectivity index (χ4n) is 14.0. The van der Waals surface area contributed by atoms with Crippen molar-refractivity contribution in [2.75, 3.05) is 4.90 Å². The molecular weight excluding hydrogens is 953 g/mol. The lowest BCUT2D eigenvalue weighted by molar-refractivity contribution is 0.445. The fraction of sp³-hybridized carbons (Fsp3) is 0.0909. The highest BCUT2D eigenvalue weighted by atomic mass is 15.1. The van der Waals surface area contributed by atoms with E-state index in [-0.39, 0.29) is 0 Å². The van der Waals surface area contributed by atoms with E-state index >= 15 is 0 Å². The summed E-state index contributed by atoms with van der Waals surface area (Å²) in [4.78, 5) is 2.49. The van der Waals surface area contributed by atoms with Crippen LogP contribution in [0.4, 0.5) is 17.1 Å². The van der Waals surface area contributed by atoms with Crippen LogP contribution in [0.15, 0.2) is 285 Å². The lowest BCUT2D eigenvalue weighted by Crippen LogP contribution is -2.28. The maximum absolute atomic E-state index is 2.49. The molecule has 1 heterocycles. The molecule has 0 aliphatic heterocycles. The van der Waals surface area contributed by atoms with Crippen LogP contribution >= 0.6 is 0 Å². The van der Waals surface area contributed by atoms with Gasteiger partial charge in [0.2, 0.25) is 0 Å². The van der Waals surface area contributed by atoms with Crippen molar-refractivity contribution >= 4 is 49.6 Å². The zero-order valence-electron chi connectivity index (χ0n) is 44.1. The van der Waals surface area contributed by atoms with Crippen molar-refractivity contribution in [3.05, 3.63) is 313 Å². The van der Waals surface area contributed by atoms with E-state index in [9.17, 15) is 0 Å². The number of fused-ring (bicyclic) bond motifs is 7. The Bertz CT molecular complexity index is 4330. The maximum atomic E-state index is 2.49. The van der Waals surface area contributed by atoms with Gasteiger partial charge in [-0.2, -0.15) is 0 Å². The van der Waals surface area contributed by atoms with Crippen LogP contribution in [0.5, 0.6) is 0 Å². The lowest BCUT2D eigenvalue weighted by Gasteiger charge is -2.34. The first-order chi connectivity index (χ1) is 39.2. The van der Waals surface area contributed by atoms with E-state index in [1.807, 2.05) is 0 Å². The Morgan fingerprint density at radius 3 is 1.65 bits per heavy atom. The SMILES string of the molecule is c1ccc(-n2c3ccccc3c3cc(-c4ccc(N(c5ccc(-c6cccc7c6-c6ccccc6C7(c6ccccc6)c6ccccc6)cc5)c5ccccc5-c5cccc6cccc(C7CCCCC7)c56)cc4)ccc32)cc1. The molecule has 1 fully saturated rings. The van der Waals surface area contributed by atoms with E-state index in [4.69, 9.17) is 0 Å². The number of rotatable bonds is 10. The largest absolute Gasteiger partial charge is 0.310 e. The number of hydrogen-bond donors (Lipinski definition) is 0. The molecule has 376 valence electrons. The third-order valence-electron chi connectivity index (χ3n) is 17.5. The van der Waals surface area contributed by atoms with Crippen LogP contribution < -0.4 is 4.90 Å². The second kappa shape index (κ2) is 19.5. The Labute approximate surface area is 463 Å². The third-order valence-corrected chi connectivity index (χ3v) is 17.5. The summed E-state index contributed by atoms with van der Waals surface area (Å²) in [6.07, 6.45) is 6.42. The Morgan fingerprint density at radius 1 is 0.367 bits per heavy atom. The lowest BCUT2D eigenvalue weighted by atomic mass is 9.67. The molecular formula is C77H58N2. The summed E-state index contributed by atoms with van der Waals surface area (Å²) < 4.78 is 2.39. The van der Waals surface area contributed by atoms with E-state index in [0.717, 1.165) is 17.1 Å². The summed E-state index contributed by atoms with van der Waals surface area (Å²) in [5.41, 5.74) is 23.0. The van der Waals surface area contributed by atoms with E-state index in [1.165, 1.54) is 143 Å². The Balaban J connectivity index is 0.882. The van der Waals surface area contributed by atoms with Crippen LogP contribution in [0, 0.1) is 0 Å². The van der Waals surface area contributed by atoms with Crippen LogP contribution in [0.25, 0.3) is 82.8 Å². The summed E-state index contributed by atoms with van der Waals surface area (Å²) in [6, 6.07) is 106. The van der Waals surface area contributed by atoms with Crippen LogP contribution in [0.3, 0.4) is 0 Å². The van der Waals surface area contributed by atoms with Gasteiger partial charge >= 0.3 is 0 Å². The molecule has 2 aliphatic rings. The van der Waals surface area contributed by atoms with E-state index in [0.29, 0.717) is 5.92 Å². The summed E-state index contributed by atoms with van der Waals surface area (Å²) in [5.74, 6) is 0.563. The van der Waals surface area contributed by atoms with Gasteiger partial charge in [0.05, 0.1) is 22.1 Å². The van der Waals surface area contributed by atoms with Crippen molar-refractivity contribution in [1.82, 2.24) is 4.57 Å². The van der Waals surface area contributed by atoms with Gasteiger partial charge in [-0.15, -0.1) is 0 Å². The van der Waals surface area contributed by atoms with Gasteiger partial charge in [-0.25, -0.2) is 0 Å². The summed E-state index contributed by atoms with van der Waals surface area (Å²) in [5, 5.41) is 5.19. The maximum Gasteiger partial charge on any atom is 0.0713 e. The molecule has 1 aromatic heterocycles. The molecule has 0 unspecified atom stereocenters. The average molecular weight is 1010 g/mol. The predicted octanol–water partition coefficient (Wildman–Crippen LogP) is 20.8. The first kappa shape index (κ1) is 46.8. The second-order valence-electron chi connectivity index (χ2n) is 21.7. The van der Waals surface area contributed by atoms with Gasteiger partial charge in [0.15, 0.2) is 0 Å². The minimum atomic E-state index is -0.470. The molecule has 0 spiro atoms. The minimum absolute atomic E-state index is 0.470. The van der Waals surface area contributed by atoms with Gasteiger partial charge in [-0.05, 0) is 157 Å². The van der Waals surface area contributed by atoms with Crippen LogP contribution in [0.2, 0.25) is 0 Å². The molecule has 13 aromatic rings. The highest BCUT2D eigenvalue weighted by Gasteiger charge is 2.46. The first-order valence-electron chi connectivity index (χ1n) is 28.3. The number of anilines is 3. The molecule has 0 saturated heterocycles. The predicted molar refractivity (Wildman–Crippen MR) is 332 cm³/mol. The minimum Gasteiger partial charge on any atom is -0.310 e. The first-order valence-corrected chi connectivity index (χ1v) is 28.3. The Hall–Kier alpha value is -9.50. The van der Waals surface area contributed by atoms with Crippen LogP contribution in [-0.2, 0) is 5.41 Å². The molecule has 0 bridgehead atoms. The van der Waals surface area contributed by atoms with Crippen molar-refractivity contribution in [1.29, 1.82) is 0 Å². The van der Waals surface area contributed by atoms with Gasteiger partial charge in [0.1, 0.15) is 0 Å². The molecule has 0 amide bonds. The van der Waals surface area contributed by atoms with Gasteiger partial charge in [-0.3, -0.25) is 0 Å². The molecule has 2 aliphatic carbocycles. The second-order valence-corrected chi connectivity index (χ2v) is 21.7. The highest BCUT2D eigenvalue weighted by Crippen LogP contribution is 2.58. The summed E-state index contributed by atoms with van der Waals surface area (Å²) in [6.45, 7) is 0. The molecule has 15 rings (SSSR count). The highest BCUT2D eigenvalue weighted by molar-refractivity contribution is 6.11. The van der Waals surface area contributed by atoms with Gasteiger partial charge in [0, 0.05) is 33.4 Å². The van der Waals surface area contributed by atoms with E-state index in [2.05, 4.69) is 295 Å². The smallest absolute Gasteiger partial charge is 0.0713 e. The van der Waals surface area contributed by atoms with Crippen LogP contribution in [-0.4, -0.2) is 4.57 Å². The molecule has 0 N–H and O–H groups in total. The summed E-state index contributed by atoms with van der Waals surface area (Å²) in [7, 11) is 0. The number of hydrogen-bond acceptors (Lipinski definition) is 1. The van der Waals surface area contributed by atoms with Gasteiger partial charge in [0.25, 0.3) is 0 Å². The molecule has 79 heavy (non-hydrogen) atoms. The number of para-hydroxylation sites is 3. The standard InChI is InChI=1S/C77H58N2/c1-5-22-54(23-6-1)63-35-19-24-56-25-20-37-67(75(56)63)65-32-14-17-40-72(65)78(61-47-42-53(43-48-61)57-46-51-74-69(52-57)66-33-15-18-41-73(66)79(74)60-30-11-4-12-31-60)62-49-44-55(45-50-62)64-36-21-39-71-76(64)68-34-13-16-38-70(68)77(71,58-26-7-2-8-27-58)59-28-9-3-10-29-59/h2-4,7-21,24-52,54H,1,5-6,22-23H2. The van der Waals surface area contributed by atoms with Crippen molar-refractivity contribution < 1.29 is 0 Å². The fourth-order valence-corrected chi connectivity index (χ4v) is 14.0. The third kappa shape index (κ3) is 7.69. The van der Waals surface area contributed by atoms with Crippen LogP contribution in [0.1, 0.15) is 65.8 Å². The molecule has 2 heteroatoms. The van der Waals surface area contributed by atoms with E-state index in [1.54, 1.807) is 0 Å². The Morgan fingerprint density at radius 2 is 0.911 bits per heavy atom. The molecule has 2 nitrogen and oxygen atoms in total. The number of aromatic nitrogens is 1. The summed E-state index contributed by atoms with van der Waals surface area (Å²) >= 11 is 0. The number of nitrogens with zero attached hydrogens (tertiary/aromatic N) is 2. The number of benzene rings is 12. The zero-order chi connectivity index (χ0) is 52.3. The van der Waals surface area contributed by atoms with Crippen molar-refractivity contribution in [2.45, 2.75) is 43.4 Å². The van der Waals surface area contributed by atoms with Gasteiger partial charge < -0.3 is 9.47 Å². The molecule has 0 atom stereocenters. The van der Waals surface area contributed by atoms with Crippen molar-refractivity contribution in [2.24, 2.45) is 0 Å². The van der Waals surface area contributed by atoms with Crippen molar-refractivity contribution in [3.63, 3.8) is 0 Å².